The van der Waals surface area contributed by atoms with E-state index in [2.05, 4.69) is 4.98 Å². The fraction of sp³-hybridized carbons (Fsp3) is 0.100. The molecule has 0 aliphatic rings. The molecule has 0 aliphatic carbocycles. The van der Waals surface area contributed by atoms with Crippen LogP contribution in [0.2, 0.25) is 10.0 Å². The summed E-state index contributed by atoms with van der Waals surface area (Å²) in [5, 5.41) is 4.36. The molecular formula is C10H7Cl2NS. The first-order valence-electron chi connectivity index (χ1n) is 4.04. The highest BCUT2D eigenvalue weighted by Gasteiger charge is 2.07. The van der Waals surface area contributed by atoms with Crippen LogP contribution >= 0.6 is 34.5 Å². The van der Waals surface area contributed by atoms with Gasteiger partial charge in [0.05, 0.1) is 15.7 Å². The van der Waals surface area contributed by atoms with Crippen LogP contribution in [0.4, 0.5) is 0 Å². The molecule has 0 spiro atoms. The summed E-state index contributed by atoms with van der Waals surface area (Å²) in [7, 11) is 0. The summed E-state index contributed by atoms with van der Waals surface area (Å²) in [4.78, 5) is 4.36. The van der Waals surface area contributed by atoms with Crippen molar-refractivity contribution < 1.29 is 0 Å². The first kappa shape index (κ1) is 9.97. The third kappa shape index (κ3) is 1.92. The highest BCUT2D eigenvalue weighted by Crippen LogP contribution is 2.30. The van der Waals surface area contributed by atoms with Gasteiger partial charge in [0.2, 0.25) is 0 Å². The summed E-state index contributed by atoms with van der Waals surface area (Å²) in [6.07, 6.45) is 0. The number of thiazole rings is 1. The second-order valence-electron chi connectivity index (χ2n) is 2.88. The highest BCUT2D eigenvalue weighted by molar-refractivity contribution is 7.09. The second kappa shape index (κ2) is 3.89. The zero-order valence-corrected chi connectivity index (χ0v) is 9.75. The molecule has 0 fully saturated rings. The first-order chi connectivity index (χ1) is 6.66. The molecule has 72 valence electrons. The average Bonchev–Trinajstić information content (AvgIpc) is 2.56. The Kier molecular flexibility index (Phi) is 2.77. The smallest absolute Gasteiger partial charge is 0.0901 e. The molecule has 0 aliphatic heterocycles. The van der Waals surface area contributed by atoms with E-state index in [0.717, 1.165) is 16.3 Å². The molecule has 2 aromatic rings. The summed E-state index contributed by atoms with van der Waals surface area (Å²) in [5.74, 6) is 0. The van der Waals surface area contributed by atoms with Crippen molar-refractivity contribution in [3.05, 3.63) is 38.6 Å². The molecular weight excluding hydrogens is 237 g/mol. The van der Waals surface area contributed by atoms with E-state index in [1.807, 2.05) is 18.4 Å². The lowest BCUT2D eigenvalue weighted by Gasteiger charge is -2.00. The summed E-state index contributed by atoms with van der Waals surface area (Å²) in [6, 6.07) is 5.39. The number of aryl methyl sites for hydroxylation is 1. The molecule has 0 saturated carbocycles. The predicted octanol–water partition coefficient (Wildman–Crippen LogP) is 4.43. The molecule has 0 bridgehead atoms. The van der Waals surface area contributed by atoms with Crippen LogP contribution in [0.5, 0.6) is 0 Å². The number of halogens is 2. The van der Waals surface area contributed by atoms with E-state index < -0.39 is 0 Å². The van der Waals surface area contributed by atoms with Crippen LogP contribution in [0.3, 0.4) is 0 Å². The largest absolute Gasteiger partial charge is 0.241 e. The van der Waals surface area contributed by atoms with Crippen LogP contribution in [-0.2, 0) is 0 Å². The Bertz CT molecular complexity index is 465. The second-order valence-corrected chi connectivity index (χ2v) is 4.78. The lowest BCUT2D eigenvalue weighted by Crippen LogP contribution is -1.80. The van der Waals surface area contributed by atoms with Gasteiger partial charge < -0.3 is 0 Å². The van der Waals surface area contributed by atoms with E-state index >= 15 is 0 Å². The number of aromatic nitrogens is 1. The van der Waals surface area contributed by atoms with Gasteiger partial charge in [0.1, 0.15) is 0 Å². The SMILES string of the molecule is Cc1nc(-c2cc(Cl)ccc2Cl)cs1. The Balaban J connectivity index is 2.55. The molecule has 1 aromatic carbocycles. The van der Waals surface area contributed by atoms with E-state index in [1.165, 1.54) is 0 Å². The van der Waals surface area contributed by atoms with Gasteiger partial charge in [-0.2, -0.15) is 0 Å². The minimum Gasteiger partial charge on any atom is -0.241 e. The quantitative estimate of drug-likeness (QED) is 0.723. The standard InChI is InChI=1S/C10H7Cl2NS/c1-6-13-10(5-14-6)8-4-7(11)2-3-9(8)12/h2-5H,1H3. The van der Waals surface area contributed by atoms with Crippen molar-refractivity contribution in [2.75, 3.05) is 0 Å². The van der Waals surface area contributed by atoms with Crippen molar-refractivity contribution >= 4 is 34.5 Å². The lowest BCUT2D eigenvalue weighted by molar-refractivity contribution is 1.30. The number of hydrogen-bond acceptors (Lipinski definition) is 2. The Morgan fingerprint density at radius 2 is 2.07 bits per heavy atom. The van der Waals surface area contributed by atoms with Gasteiger partial charge in [-0.3, -0.25) is 0 Å². The molecule has 0 atom stereocenters. The fourth-order valence-corrected chi connectivity index (χ4v) is 2.18. The van der Waals surface area contributed by atoms with Gasteiger partial charge in [0.25, 0.3) is 0 Å². The van der Waals surface area contributed by atoms with Gasteiger partial charge in [0, 0.05) is 16.0 Å². The van der Waals surface area contributed by atoms with Crippen molar-refractivity contribution in [1.29, 1.82) is 0 Å². The van der Waals surface area contributed by atoms with Crippen LogP contribution in [-0.4, -0.2) is 4.98 Å². The van der Waals surface area contributed by atoms with E-state index in [1.54, 1.807) is 23.5 Å². The maximum atomic E-state index is 6.05. The van der Waals surface area contributed by atoms with Gasteiger partial charge in [-0.1, -0.05) is 23.2 Å². The maximum Gasteiger partial charge on any atom is 0.0901 e. The molecule has 1 aromatic heterocycles. The molecule has 0 saturated heterocycles. The highest BCUT2D eigenvalue weighted by atomic mass is 35.5. The Labute approximate surface area is 96.3 Å². The molecule has 0 unspecified atom stereocenters. The fourth-order valence-electron chi connectivity index (χ4n) is 1.18. The zero-order chi connectivity index (χ0) is 10.1. The third-order valence-corrected chi connectivity index (χ3v) is 3.16. The van der Waals surface area contributed by atoms with Gasteiger partial charge in [0.15, 0.2) is 0 Å². The van der Waals surface area contributed by atoms with Gasteiger partial charge in [-0.15, -0.1) is 11.3 Å². The number of hydrogen-bond donors (Lipinski definition) is 0. The van der Waals surface area contributed by atoms with E-state index in [0.29, 0.717) is 10.0 Å². The average molecular weight is 244 g/mol. The van der Waals surface area contributed by atoms with Crippen molar-refractivity contribution in [3.8, 4) is 11.3 Å². The Hall–Kier alpha value is -0.570. The molecule has 2 rings (SSSR count). The molecule has 0 N–H and O–H groups in total. The molecule has 0 amide bonds. The predicted molar refractivity (Wildman–Crippen MR) is 62.3 cm³/mol. The molecule has 14 heavy (non-hydrogen) atoms. The summed E-state index contributed by atoms with van der Waals surface area (Å²) < 4.78 is 0. The number of nitrogens with zero attached hydrogens (tertiary/aromatic N) is 1. The van der Waals surface area contributed by atoms with Crippen molar-refractivity contribution in [1.82, 2.24) is 4.98 Å². The van der Waals surface area contributed by atoms with E-state index in [4.69, 9.17) is 23.2 Å². The summed E-state index contributed by atoms with van der Waals surface area (Å²) in [6.45, 7) is 1.96. The van der Waals surface area contributed by atoms with Gasteiger partial charge in [-0.25, -0.2) is 4.98 Å². The Morgan fingerprint density at radius 3 is 2.71 bits per heavy atom. The topological polar surface area (TPSA) is 12.9 Å². The molecule has 0 radical (unpaired) electrons. The number of rotatable bonds is 1. The van der Waals surface area contributed by atoms with Crippen LogP contribution < -0.4 is 0 Å². The van der Waals surface area contributed by atoms with Crippen LogP contribution in [0.15, 0.2) is 23.6 Å². The van der Waals surface area contributed by atoms with Gasteiger partial charge in [-0.05, 0) is 25.1 Å². The van der Waals surface area contributed by atoms with Crippen molar-refractivity contribution in [2.24, 2.45) is 0 Å². The molecule has 1 nitrogen and oxygen atoms in total. The Morgan fingerprint density at radius 1 is 1.29 bits per heavy atom. The molecule has 1 heterocycles. The number of benzene rings is 1. The normalized spacial score (nSPS) is 10.5. The van der Waals surface area contributed by atoms with Crippen LogP contribution in [0.25, 0.3) is 11.3 Å². The van der Waals surface area contributed by atoms with Gasteiger partial charge >= 0.3 is 0 Å². The maximum absolute atomic E-state index is 6.05. The van der Waals surface area contributed by atoms with Crippen LogP contribution in [0.1, 0.15) is 5.01 Å². The van der Waals surface area contributed by atoms with Crippen LogP contribution in [0, 0.1) is 6.92 Å². The monoisotopic (exact) mass is 243 g/mol. The van der Waals surface area contributed by atoms with Crippen molar-refractivity contribution in [3.63, 3.8) is 0 Å². The first-order valence-corrected chi connectivity index (χ1v) is 5.68. The lowest BCUT2D eigenvalue weighted by atomic mass is 10.2. The summed E-state index contributed by atoms with van der Waals surface area (Å²) in [5.41, 5.74) is 1.78. The minimum atomic E-state index is 0.676. The third-order valence-electron chi connectivity index (χ3n) is 1.82. The molecule has 4 heteroatoms. The van der Waals surface area contributed by atoms with Crippen molar-refractivity contribution in [2.45, 2.75) is 6.92 Å². The summed E-state index contributed by atoms with van der Waals surface area (Å²) >= 11 is 13.5. The van der Waals surface area contributed by atoms with E-state index in [9.17, 15) is 0 Å². The minimum absolute atomic E-state index is 0.676. The zero-order valence-electron chi connectivity index (χ0n) is 7.42. The van der Waals surface area contributed by atoms with E-state index in [-0.39, 0.29) is 0 Å².